The first-order valence-electron chi connectivity index (χ1n) is 12.2. The van der Waals surface area contributed by atoms with E-state index in [0.29, 0.717) is 34.1 Å². The summed E-state index contributed by atoms with van der Waals surface area (Å²) in [6.07, 6.45) is -0.0910. The van der Waals surface area contributed by atoms with Crippen LogP contribution in [-0.2, 0) is 4.79 Å². The average Bonchev–Trinajstić information content (AvgIpc) is 2.92. The Morgan fingerprint density at radius 1 is 1.08 bits per heavy atom. The predicted molar refractivity (Wildman–Crippen MR) is 148 cm³/mol. The van der Waals surface area contributed by atoms with Crippen molar-refractivity contribution in [3.8, 4) is 11.5 Å². The minimum absolute atomic E-state index is 0.0306. The molecule has 3 aromatic rings. The van der Waals surface area contributed by atoms with Crippen molar-refractivity contribution in [2.24, 2.45) is 10.7 Å². The number of hydrogen-bond acceptors (Lipinski definition) is 8. The highest BCUT2D eigenvalue weighted by Gasteiger charge is 2.24. The summed E-state index contributed by atoms with van der Waals surface area (Å²) < 4.78 is 11.8. The zero-order chi connectivity index (χ0) is 27.2. The number of carbonyl (C=O) groups is 2. The van der Waals surface area contributed by atoms with Gasteiger partial charge in [-0.3, -0.25) is 20.4 Å². The Morgan fingerprint density at radius 2 is 1.82 bits per heavy atom. The fourth-order valence-corrected chi connectivity index (χ4v) is 3.95. The van der Waals surface area contributed by atoms with Crippen LogP contribution in [0.2, 0.25) is 0 Å². The first-order valence-corrected chi connectivity index (χ1v) is 12.2. The van der Waals surface area contributed by atoms with Crippen molar-refractivity contribution in [3.63, 3.8) is 0 Å². The number of nitrogens with two attached hydrogens (primary N) is 1. The number of anilines is 2. The van der Waals surface area contributed by atoms with Gasteiger partial charge in [0.25, 0.3) is 11.8 Å². The quantitative estimate of drug-likeness (QED) is 0.383. The van der Waals surface area contributed by atoms with Crippen LogP contribution in [0.15, 0.2) is 71.7 Å². The number of fused-ring (bicyclic) bond motifs is 5. The number of carbonyl (C=O) groups excluding carboxylic acids is 2. The number of rotatable bonds is 5. The number of hydrogen-bond donors (Lipinski definition) is 4. The molecule has 0 saturated carbocycles. The Balaban J connectivity index is 1.64. The van der Waals surface area contributed by atoms with Crippen molar-refractivity contribution >= 4 is 29.0 Å². The normalized spacial score (nSPS) is 15.9. The van der Waals surface area contributed by atoms with Crippen LogP contribution in [0.25, 0.3) is 0 Å². The van der Waals surface area contributed by atoms with Crippen molar-refractivity contribution in [1.82, 2.24) is 10.9 Å². The Kier molecular flexibility index (Phi) is 8.00. The van der Waals surface area contributed by atoms with Gasteiger partial charge >= 0.3 is 0 Å². The summed E-state index contributed by atoms with van der Waals surface area (Å²) in [4.78, 5) is 32.5. The number of aliphatic imine (C=N–C) groups is 1. The second kappa shape index (κ2) is 11.5. The lowest BCUT2D eigenvalue weighted by Gasteiger charge is -2.22. The van der Waals surface area contributed by atoms with E-state index in [1.165, 1.54) is 0 Å². The molecule has 198 valence electrons. The second-order valence-electron chi connectivity index (χ2n) is 9.20. The lowest BCUT2D eigenvalue weighted by Crippen LogP contribution is -2.45. The van der Waals surface area contributed by atoms with Crippen molar-refractivity contribution in [3.05, 3.63) is 83.4 Å². The van der Waals surface area contributed by atoms with Crippen LogP contribution in [0.5, 0.6) is 11.5 Å². The molecule has 0 saturated heterocycles. The van der Waals surface area contributed by atoms with Crippen molar-refractivity contribution in [2.45, 2.75) is 26.0 Å². The number of amides is 2. The minimum Gasteiger partial charge on any atom is -0.487 e. The molecule has 2 aliphatic heterocycles. The zero-order valence-electron chi connectivity index (χ0n) is 21.8. The number of amidine groups is 1. The Hall–Kier alpha value is -4.73. The molecule has 3 aromatic carbocycles. The molecule has 0 spiro atoms. The van der Waals surface area contributed by atoms with E-state index >= 15 is 0 Å². The molecule has 2 aliphatic rings. The number of ether oxygens (including phenoxy) is 2. The Bertz CT molecular complexity index is 1340. The highest BCUT2D eigenvalue weighted by Crippen LogP contribution is 2.33. The predicted octanol–water partition coefficient (Wildman–Crippen LogP) is 3.21. The molecule has 10 nitrogen and oxygen atoms in total. The van der Waals surface area contributed by atoms with Gasteiger partial charge in [-0.15, -0.1) is 0 Å². The Labute approximate surface area is 221 Å². The van der Waals surface area contributed by atoms with E-state index in [4.69, 9.17) is 15.2 Å². The number of nitrogens with one attached hydrogen (secondary N) is 3. The highest BCUT2D eigenvalue weighted by atomic mass is 16.5. The zero-order valence-corrected chi connectivity index (χ0v) is 21.8. The van der Waals surface area contributed by atoms with Gasteiger partial charge in [0, 0.05) is 31.0 Å². The maximum atomic E-state index is 13.5. The third-order valence-corrected chi connectivity index (χ3v) is 5.80. The van der Waals surface area contributed by atoms with Gasteiger partial charge in [0.15, 0.2) is 18.2 Å². The molecule has 4 bridgehead atoms. The van der Waals surface area contributed by atoms with Crippen LogP contribution in [0.3, 0.4) is 0 Å². The molecule has 1 atom stereocenters. The summed E-state index contributed by atoms with van der Waals surface area (Å²) in [5.74, 6) is 0.347. The van der Waals surface area contributed by atoms with E-state index in [-0.39, 0.29) is 12.8 Å². The standard InChI is InChI=1S/C28H32N6O4/c1-17(2)38-23-14-11-19-15-24(23)37-16-30-26(29)18-9-12-20(13-10-18)31-25(19)28(36)33-32-27(35)21-7-5-6-8-22(21)34(3)4/h5-15,17,25,31H,16H2,1-4H3,(H2,29,30)(H,32,35)(H,33,36). The molecule has 1 unspecified atom stereocenters. The van der Waals surface area contributed by atoms with Gasteiger partial charge in [-0.2, -0.15) is 0 Å². The summed E-state index contributed by atoms with van der Waals surface area (Å²) in [6, 6.07) is 18.7. The van der Waals surface area contributed by atoms with E-state index in [1.54, 1.807) is 54.6 Å². The van der Waals surface area contributed by atoms with E-state index < -0.39 is 17.9 Å². The molecule has 38 heavy (non-hydrogen) atoms. The van der Waals surface area contributed by atoms with Crippen molar-refractivity contribution in [2.75, 3.05) is 31.0 Å². The van der Waals surface area contributed by atoms with Gasteiger partial charge in [0.2, 0.25) is 0 Å². The summed E-state index contributed by atoms with van der Waals surface area (Å²) in [5, 5.41) is 3.24. The fourth-order valence-electron chi connectivity index (χ4n) is 3.95. The SMILES string of the molecule is CC(C)Oc1ccc2cc1OC/N=C(/N)c1ccc(cc1)NC2C(=O)NNC(=O)c1ccccc1N(C)C. The molecular formula is C28H32N6O4. The molecule has 5 N–H and O–H groups in total. The molecule has 0 aromatic heterocycles. The topological polar surface area (TPSA) is 130 Å². The van der Waals surface area contributed by atoms with E-state index in [0.717, 1.165) is 11.3 Å². The smallest absolute Gasteiger partial charge is 0.271 e. The van der Waals surface area contributed by atoms with Gasteiger partial charge < -0.3 is 25.4 Å². The van der Waals surface area contributed by atoms with Crippen LogP contribution in [0.4, 0.5) is 11.4 Å². The van der Waals surface area contributed by atoms with E-state index in [1.807, 2.05) is 45.0 Å². The molecule has 2 heterocycles. The van der Waals surface area contributed by atoms with Crippen LogP contribution in [-0.4, -0.2) is 44.6 Å². The largest absolute Gasteiger partial charge is 0.487 e. The molecule has 2 amide bonds. The monoisotopic (exact) mass is 516 g/mol. The van der Waals surface area contributed by atoms with Gasteiger partial charge in [-0.25, -0.2) is 4.99 Å². The Morgan fingerprint density at radius 3 is 2.53 bits per heavy atom. The summed E-state index contributed by atoms with van der Waals surface area (Å²) in [5.41, 5.74) is 14.4. The maximum Gasteiger partial charge on any atom is 0.271 e. The summed E-state index contributed by atoms with van der Waals surface area (Å²) >= 11 is 0. The number of hydrazine groups is 1. The van der Waals surface area contributed by atoms with Crippen LogP contribution >= 0.6 is 0 Å². The number of nitrogens with zero attached hydrogens (tertiary/aromatic N) is 2. The third-order valence-electron chi connectivity index (χ3n) is 5.80. The molecular weight excluding hydrogens is 484 g/mol. The molecule has 10 heteroatoms. The van der Waals surface area contributed by atoms with Crippen molar-refractivity contribution < 1.29 is 19.1 Å². The van der Waals surface area contributed by atoms with E-state index in [9.17, 15) is 9.59 Å². The average molecular weight is 517 g/mol. The first kappa shape index (κ1) is 26.3. The third kappa shape index (κ3) is 6.15. The van der Waals surface area contributed by atoms with Gasteiger partial charge in [0.1, 0.15) is 11.9 Å². The summed E-state index contributed by atoms with van der Waals surface area (Å²) in [6.45, 7) is 3.79. The van der Waals surface area contributed by atoms with Crippen molar-refractivity contribution in [1.29, 1.82) is 0 Å². The van der Waals surface area contributed by atoms with Crippen LogP contribution in [0.1, 0.15) is 41.4 Å². The fraction of sp³-hybridized carbons (Fsp3) is 0.250. The summed E-state index contributed by atoms with van der Waals surface area (Å²) in [7, 11) is 3.69. The molecule has 0 aliphatic carbocycles. The lowest BCUT2D eigenvalue weighted by molar-refractivity contribution is -0.122. The maximum absolute atomic E-state index is 13.5. The second-order valence-corrected chi connectivity index (χ2v) is 9.20. The molecule has 5 rings (SSSR count). The lowest BCUT2D eigenvalue weighted by atomic mass is 10.0. The van der Waals surface area contributed by atoms with Gasteiger partial charge in [0.05, 0.1) is 11.7 Å². The molecule has 0 fully saturated rings. The van der Waals surface area contributed by atoms with Crippen LogP contribution in [0, 0.1) is 0 Å². The number of benzene rings is 3. The minimum atomic E-state index is -0.875. The first-order chi connectivity index (χ1) is 18.2. The van der Waals surface area contributed by atoms with Gasteiger partial charge in [-0.05, 0) is 67.9 Å². The van der Waals surface area contributed by atoms with Crippen LogP contribution < -0.4 is 36.3 Å². The molecule has 0 radical (unpaired) electrons. The van der Waals surface area contributed by atoms with E-state index in [2.05, 4.69) is 21.2 Å². The number of para-hydroxylation sites is 1. The highest BCUT2D eigenvalue weighted by molar-refractivity contribution is 6.01. The van der Waals surface area contributed by atoms with Gasteiger partial charge in [-0.1, -0.05) is 18.2 Å².